The summed E-state index contributed by atoms with van der Waals surface area (Å²) in [6.45, 7) is 7.33. The summed E-state index contributed by atoms with van der Waals surface area (Å²) in [5, 5.41) is 2.95. The van der Waals surface area contributed by atoms with E-state index in [1.807, 2.05) is 45.9 Å². The zero-order valence-corrected chi connectivity index (χ0v) is 21.8. The largest absolute Gasteiger partial charge is 0.493 e. The Bertz CT molecular complexity index is 1300. The maximum absolute atomic E-state index is 13.7. The van der Waals surface area contributed by atoms with Crippen molar-refractivity contribution in [1.29, 1.82) is 0 Å². The van der Waals surface area contributed by atoms with Gasteiger partial charge in [0.1, 0.15) is 6.54 Å². The first kappa shape index (κ1) is 26.1. The Balaban J connectivity index is 1.97. The lowest BCUT2D eigenvalue weighted by molar-refractivity contribution is -0.120. The van der Waals surface area contributed by atoms with E-state index in [0.717, 1.165) is 26.6 Å². The van der Waals surface area contributed by atoms with Gasteiger partial charge in [-0.25, -0.2) is 8.42 Å². The first-order valence-corrected chi connectivity index (χ1v) is 12.7. The van der Waals surface area contributed by atoms with Crippen molar-refractivity contribution < 1.29 is 22.7 Å². The van der Waals surface area contributed by atoms with Crippen molar-refractivity contribution in [3.63, 3.8) is 0 Å². The van der Waals surface area contributed by atoms with Crippen molar-refractivity contribution >= 4 is 21.6 Å². The van der Waals surface area contributed by atoms with Crippen molar-refractivity contribution in [2.24, 2.45) is 0 Å². The van der Waals surface area contributed by atoms with Crippen LogP contribution >= 0.6 is 0 Å². The quantitative estimate of drug-likeness (QED) is 0.464. The lowest BCUT2D eigenvalue weighted by Crippen LogP contribution is -2.41. The van der Waals surface area contributed by atoms with Gasteiger partial charge in [0.05, 0.1) is 30.8 Å². The molecule has 0 aliphatic heterocycles. The molecule has 3 aromatic rings. The number of hydrogen-bond donors (Lipinski definition) is 1. The van der Waals surface area contributed by atoms with Crippen molar-refractivity contribution in [3.8, 4) is 11.5 Å². The summed E-state index contributed by atoms with van der Waals surface area (Å²) >= 11 is 0. The Morgan fingerprint density at radius 2 is 1.51 bits per heavy atom. The fraction of sp³-hybridized carbons (Fsp3) is 0.296. The molecule has 0 heterocycles. The van der Waals surface area contributed by atoms with Gasteiger partial charge in [-0.05, 0) is 63.1 Å². The van der Waals surface area contributed by atoms with E-state index in [1.54, 1.807) is 30.3 Å². The molecule has 3 rings (SSSR count). The van der Waals surface area contributed by atoms with Gasteiger partial charge in [0.2, 0.25) is 5.91 Å². The van der Waals surface area contributed by atoms with Crippen molar-refractivity contribution in [1.82, 2.24) is 5.32 Å². The van der Waals surface area contributed by atoms with E-state index in [9.17, 15) is 13.2 Å². The minimum Gasteiger partial charge on any atom is -0.493 e. The summed E-state index contributed by atoms with van der Waals surface area (Å²) in [4.78, 5) is 13.2. The minimum absolute atomic E-state index is 0.0910. The van der Waals surface area contributed by atoms with Crippen LogP contribution in [0.3, 0.4) is 0 Å². The number of rotatable bonds is 9. The van der Waals surface area contributed by atoms with Crippen LogP contribution in [0.5, 0.6) is 11.5 Å². The number of carbonyl (C=O) groups excluding carboxylic acids is 1. The standard InChI is InChI=1S/C27H32N2O5S/c1-18-8-12-23(13-9-18)35(31,32)29(22-11-14-25(33-5)26(16-22)34-6)17-27(30)28-21(4)24-15-19(2)7-10-20(24)3/h7-16,21H,17H2,1-6H3,(H,28,30). The first-order valence-electron chi connectivity index (χ1n) is 11.2. The Hall–Kier alpha value is -3.52. The maximum atomic E-state index is 13.7. The Morgan fingerprint density at radius 3 is 2.14 bits per heavy atom. The van der Waals surface area contributed by atoms with Gasteiger partial charge >= 0.3 is 0 Å². The molecule has 35 heavy (non-hydrogen) atoms. The van der Waals surface area contributed by atoms with Crippen LogP contribution < -0.4 is 19.1 Å². The highest BCUT2D eigenvalue weighted by atomic mass is 32.2. The predicted octanol–water partition coefficient (Wildman–Crippen LogP) is 4.70. The molecule has 0 saturated heterocycles. The predicted molar refractivity (Wildman–Crippen MR) is 138 cm³/mol. The lowest BCUT2D eigenvalue weighted by Gasteiger charge is -2.26. The van der Waals surface area contributed by atoms with Crippen molar-refractivity contribution in [2.45, 2.75) is 38.6 Å². The first-order chi connectivity index (χ1) is 16.6. The Kier molecular flexibility index (Phi) is 8.07. The number of carbonyl (C=O) groups is 1. The average molecular weight is 497 g/mol. The van der Waals surface area contributed by atoms with Crippen LogP contribution in [0.4, 0.5) is 5.69 Å². The van der Waals surface area contributed by atoms with E-state index in [1.165, 1.54) is 26.4 Å². The van der Waals surface area contributed by atoms with Gasteiger partial charge in [0.25, 0.3) is 10.0 Å². The molecule has 0 radical (unpaired) electrons. The molecule has 3 aromatic carbocycles. The smallest absolute Gasteiger partial charge is 0.264 e. The van der Waals surface area contributed by atoms with Crippen LogP contribution in [0.25, 0.3) is 0 Å². The number of amides is 1. The highest BCUT2D eigenvalue weighted by Crippen LogP contribution is 2.34. The molecule has 0 saturated carbocycles. The molecule has 186 valence electrons. The molecule has 0 spiro atoms. The number of ether oxygens (including phenoxy) is 2. The third-order valence-corrected chi connectivity index (χ3v) is 7.62. The van der Waals surface area contributed by atoms with Crippen LogP contribution in [-0.2, 0) is 14.8 Å². The SMILES string of the molecule is COc1ccc(N(CC(=O)NC(C)c2cc(C)ccc2C)S(=O)(=O)c2ccc(C)cc2)cc1OC. The van der Waals surface area contributed by atoms with Crippen LogP contribution in [0.15, 0.2) is 65.6 Å². The number of benzene rings is 3. The molecule has 8 heteroatoms. The van der Waals surface area contributed by atoms with Crippen molar-refractivity contribution in [2.75, 3.05) is 25.1 Å². The van der Waals surface area contributed by atoms with E-state index < -0.39 is 22.5 Å². The molecule has 1 unspecified atom stereocenters. The third kappa shape index (κ3) is 5.95. The summed E-state index contributed by atoms with van der Waals surface area (Å²) in [5.74, 6) is 0.388. The summed E-state index contributed by atoms with van der Waals surface area (Å²) in [7, 11) is -1.08. The molecule has 1 N–H and O–H groups in total. The van der Waals surface area contributed by atoms with Crippen LogP contribution in [0, 0.1) is 20.8 Å². The van der Waals surface area contributed by atoms with Gasteiger partial charge in [-0.1, -0.05) is 41.5 Å². The van der Waals surface area contributed by atoms with E-state index in [-0.39, 0.29) is 16.6 Å². The molecule has 1 amide bonds. The number of anilines is 1. The molecule has 0 aliphatic carbocycles. The minimum atomic E-state index is -4.05. The summed E-state index contributed by atoms with van der Waals surface area (Å²) < 4.78 is 39.1. The summed E-state index contributed by atoms with van der Waals surface area (Å²) in [5.41, 5.74) is 4.34. The number of hydrogen-bond acceptors (Lipinski definition) is 5. The van der Waals surface area contributed by atoms with Crippen LogP contribution in [0.1, 0.15) is 35.2 Å². The zero-order valence-electron chi connectivity index (χ0n) is 21.0. The van der Waals surface area contributed by atoms with E-state index in [2.05, 4.69) is 5.32 Å². The molecular weight excluding hydrogens is 464 g/mol. The second kappa shape index (κ2) is 10.8. The Labute approximate surface area is 207 Å². The maximum Gasteiger partial charge on any atom is 0.264 e. The van der Waals surface area contributed by atoms with Crippen molar-refractivity contribution in [3.05, 3.63) is 82.9 Å². The molecule has 0 aromatic heterocycles. The third-order valence-electron chi connectivity index (χ3n) is 5.83. The van der Waals surface area contributed by atoms with Gasteiger partial charge in [0.15, 0.2) is 11.5 Å². The fourth-order valence-corrected chi connectivity index (χ4v) is 5.27. The van der Waals surface area contributed by atoms with Gasteiger partial charge in [-0.2, -0.15) is 0 Å². The molecular formula is C27H32N2O5S. The highest BCUT2D eigenvalue weighted by Gasteiger charge is 2.28. The van der Waals surface area contributed by atoms with E-state index >= 15 is 0 Å². The number of nitrogens with zero attached hydrogens (tertiary/aromatic N) is 1. The topological polar surface area (TPSA) is 84.9 Å². The molecule has 7 nitrogen and oxygen atoms in total. The number of nitrogens with one attached hydrogen (secondary N) is 1. The number of aryl methyl sites for hydroxylation is 3. The normalized spacial score (nSPS) is 12.1. The summed E-state index contributed by atoms with van der Waals surface area (Å²) in [6.07, 6.45) is 0. The van der Waals surface area contributed by atoms with E-state index in [4.69, 9.17) is 9.47 Å². The van der Waals surface area contributed by atoms with Gasteiger partial charge in [-0.15, -0.1) is 0 Å². The zero-order chi connectivity index (χ0) is 25.8. The monoisotopic (exact) mass is 496 g/mol. The molecule has 0 fully saturated rings. The molecule has 0 aliphatic rings. The second-order valence-electron chi connectivity index (χ2n) is 8.51. The second-order valence-corrected chi connectivity index (χ2v) is 10.4. The molecule has 1 atom stereocenters. The fourth-order valence-electron chi connectivity index (χ4n) is 3.85. The van der Waals surface area contributed by atoms with Crippen LogP contribution in [-0.4, -0.2) is 35.1 Å². The number of methoxy groups -OCH3 is 2. The lowest BCUT2D eigenvalue weighted by atomic mass is 10.00. The number of sulfonamides is 1. The van der Waals surface area contributed by atoms with Gasteiger partial charge in [-0.3, -0.25) is 9.10 Å². The molecule has 0 bridgehead atoms. The van der Waals surface area contributed by atoms with E-state index in [0.29, 0.717) is 11.5 Å². The average Bonchev–Trinajstić information content (AvgIpc) is 2.83. The summed E-state index contributed by atoms with van der Waals surface area (Å²) in [6, 6.07) is 17.0. The highest BCUT2D eigenvalue weighted by molar-refractivity contribution is 7.92. The van der Waals surface area contributed by atoms with Gasteiger partial charge in [0, 0.05) is 6.07 Å². The van der Waals surface area contributed by atoms with Gasteiger partial charge < -0.3 is 14.8 Å². The Morgan fingerprint density at radius 1 is 0.886 bits per heavy atom. The van der Waals surface area contributed by atoms with Crippen LogP contribution in [0.2, 0.25) is 0 Å².